The van der Waals surface area contributed by atoms with Gasteiger partial charge in [-0.25, -0.2) is 4.79 Å². The van der Waals surface area contributed by atoms with Gasteiger partial charge in [-0.05, 0) is 48.7 Å². The van der Waals surface area contributed by atoms with E-state index in [9.17, 15) is 9.59 Å². The molecule has 1 saturated heterocycles. The second-order valence-electron chi connectivity index (χ2n) is 7.86. The molecular formula is C23H22N4O5. The monoisotopic (exact) mass is 434 g/mol. The first-order valence-electron chi connectivity index (χ1n) is 10.4. The Kier molecular flexibility index (Phi) is 5.22. The molecule has 3 heterocycles. The molecule has 9 heteroatoms. The number of likely N-dealkylation sites (tertiary alicyclic amines) is 1. The second kappa shape index (κ2) is 8.33. The van der Waals surface area contributed by atoms with Crippen molar-refractivity contribution in [3.63, 3.8) is 0 Å². The van der Waals surface area contributed by atoms with E-state index in [1.807, 2.05) is 30.3 Å². The molecule has 0 radical (unpaired) electrons. The van der Waals surface area contributed by atoms with Crippen LogP contribution in [0, 0.1) is 5.92 Å². The maximum atomic E-state index is 12.8. The summed E-state index contributed by atoms with van der Waals surface area (Å²) < 4.78 is 17.2. The summed E-state index contributed by atoms with van der Waals surface area (Å²) in [5.74, 6) is 1.45. The van der Waals surface area contributed by atoms with Gasteiger partial charge in [-0.15, -0.1) is 0 Å². The first-order valence-corrected chi connectivity index (χ1v) is 10.4. The number of nitrogens with zero attached hydrogens (tertiary/aromatic N) is 4. The second-order valence-corrected chi connectivity index (χ2v) is 7.86. The maximum Gasteiger partial charge on any atom is 0.420 e. The van der Waals surface area contributed by atoms with Gasteiger partial charge < -0.3 is 18.6 Å². The van der Waals surface area contributed by atoms with E-state index in [0.29, 0.717) is 42.3 Å². The van der Waals surface area contributed by atoms with E-state index in [2.05, 4.69) is 10.1 Å². The Hall–Kier alpha value is -3.88. The van der Waals surface area contributed by atoms with Crippen LogP contribution >= 0.6 is 0 Å². The Morgan fingerprint density at radius 1 is 1.19 bits per heavy atom. The van der Waals surface area contributed by atoms with Crippen molar-refractivity contribution >= 4 is 17.0 Å². The molecule has 0 bridgehead atoms. The number of fused-ring (bicyclic) bond motifs is 1. The lowest BCUT2D eigenvalue weighted by Gasteiger charge is -2.16. The molecule has 0 saturated carbocycles. The summed E-state index contributed by atoms with van der Waals surface area (Å²) >= 11 is 0. The molecule has 32 heavy (non-hydrogen) atoms. The fourth-order valence-corrected chi connectivity index (χ4v) is 4.07. The van der Waals surface area contributed by atoms with Crippen LogP contribution in [0.2, 0.25) is 0 Å². The fourth-order valence-electron chi connectivity index (χ4n) is 4.07. The van der Waals surface area contributed by atoms with Crippen molar-refractivity contribution in [3.05, 3.63) is 64.9 Å². The molecule has 9 nitrogen and oxygen atoms in total. The van der Waals surface area contributed by atoms with Gasteiger partial charge in [0, 0.05) is 25.1 Å². The minimum atomic E-state index is -0.520. The minimum absolute atomic E-state index is 0.0353. The minimum Gasteiger partial charge on any atom is -0.497 e. The topological polar surface area (TPSA) is 104 Å². The smallest absolute Gasteiger partial charge is 0.420 e. The van der Waals surface area contributed by atoms with Crippen LogP contribution in [0.5, 0.6) is 5.75 Å². The Morgan fingerprint density at radius 3 is 2.81 bits per heavy atom. The van der Waals surface area contributed by atoms with Gasteiger partial charge in [0.25, 0.3) is 5.89 Å². The van der Waals surface area contributed by atoms with Crippen LogP contribution < -0.4 is 10.5 Å². The van der Waals surface area contributed by atoms with Gasteiger partial charge in [-0.3, -0.25) is 9.36 Å². The highest BCUT2D eigenvalue weighted by Gasteiger charge is 2.28. The molecule has 1 atom stereocenters. The van der Waals surface area contributed by atoms with E-state index < -0.39 is 5.76 Å². The van der Waals surface area contributed by atoms with Crippen molar-refractivity contribution in [3.8, 4) is 17.2 Å². The number of methoxy groups -OCH3 is 1. The van der Waals surface area contributed by atoms with Crippen molar-refractivity contribution < 1.29 is 18.5 Å². The Balaban J connectivity index is 1.21. The fraction of sp³-hybridized carbons (Fsp3) is 0.304. The predicted octanol–water partition coefficient (Wildman–Crippen LogP) is 2.74. The molecule has 164 valence electrons. The maximum absolute atomic E-state index is 12.8. The Bertz CT molecular complexity index is 1300. The SMILES string of the molecule is COc1ccc(-c2nc(CC3CCN(C(=O)Cn4c(=O)oc5ccccc54)C3)no2)cc1. The van der Waals surface area contributed by atoms with Crippen molar-refractivity contribution in [2.75, 3.05) is 20.2 Å². The normalized spacial score (nSPS) is 16.0. The number of carbonyl (C=O) groups is 1. The molecule has 1 unspecified atom stereocenters. The number of hydrogen-bond donors (Lipinski definition) is 0. The summed E-state index contributed by atoms with van der Waals surface area (Å²) in [6, 6.07) is 14.5. The lowest BCUT2D eigenvalue weighted by atomic mass is 10.1. The summed E-state index contributed by atoms with van der Waals surface area (Å²) in [5.41, 5.74) is 1.93. The molecule has 0 aliphatic carbocycles. The largest absolute Gasteiger partial charge is 0.497 e. The third kappa shape index (κ3) is 3.89. The van der Waals surface area contributed by atoms with Crippen LogP contribution in [0.25, 0.3) is 22.6 Å². The number of ether oxygens (including phenoxy) is 1. The standard InChI is InChI=1S/C23H22N4O5/c1-30-17-8-6-16(7-9-17)22-24-20(25-32-22)12-15-10-11-26(13-15)21(28)14-27-18-4-2-3-5-19(18)31-23(27)29/h2-9,15H,10-14H2,1H3. The number of amides is 1. The molecule has 5 rings (SSSR count). The average Bonchev–Trinajstić information content (AvgIpc) is 3.54. The van der Waals surface area contributed by atoms with Crippen LogP contribution in [-0.2, 0) is 17.8 Å². The van der Waals surface area contributed by atoms with Gasteiger partial charge >= 0.3 is 5.76 Å². The highest BCUT2D eigenvalue weighted by atomic mass is 16.5. The van der Waals surface area contributed by atoms with Gasteiger partial charge in [-0.2, -0.15) is 4.98 Å². The molecule has 0 N–H and O–H groups in total. The number of para-hydroxylation sites is 2. The number of aromatic nitrogens is 3. The molecule has 1 fully saturated rings. The van der Waals surface area contributed by atoms with Gasteiger partial charge in [-0.1, -0.05) is 17.3 Å². The lowest BCUT2D eigenvalue weighted by molar-refractivity contribution is -0.130. The Morgan fingerprint density at radius 2 is 2.00 bits per heavy atom. The van der Waals surface area contributed by atoms with Crippen molar-refractivity contribution in [2.24, 2.45) is 5.92 Å². The van der Waals surface area contributed by atoms with E-state index in [1.54, 1.807) is 30.2 Å². The average molecular weight is 434 g/mol. The number of benzene rings is 2. The third-order valence-corrected chi connectivity index (χ3v) is 5.78. The third-order valence-electron chi connectivity index (χ3n) is 5.78. The summed E-state index contributed by atoms with van der Waals surface area (Å²) in [6.07, 6.45) is 1.47. The molecule has 2 aromatic heterocycles. The number of oxazole rings is 1. The molecule has 0 spiro atoms. The molecule has 1 amide bonds. The molecule has 1 aliphatic rings. The van der Waals surface area contributed by atoms with Gasteiger partial charge in [0.1, 0.15) is 12.3 Å². The van der Waals surface area contributed by atoms with Gasteiger partial charge in [0.15, 0.2) is 11.4 Å². The number of rotatable bonds is 6. The Labute approximate surface area is 183 Å². The van der Waals surface area contributed by atoms with Crippen molar-refractivity contribution in [1.29, 1.82) is 0 Å². The van der Waals surface area contributed by atoms with E-state index in [1.165, 1.54) is 4.57 Å². The highest BCUT2D eigenvalue weighted by molar-refractivity contribution is 5.79. The van der Waals surface area contributed by atoms with E-state index in [0.717, 1.165) is 17.7 Å². The van der Waals surface area contributed by atoms with Crippen LogP contribution in [-0.4, -0.2) is 45.7 Å². The number of hydrogen-bond acceptors (Lipinski definition) is 7. The quantitative estimate of drug-likeness (QED) is 0.460. The van der Waals surface area contributed by atoms with Gasteiger partial charge in [0.05, 0.1) is 12.6 Å². The molecule has 2 aromatic carbocycles. The van der Waals surface area contributed by atoms with E-state index >= 15 is 0 Å². The summed E-state index contributed by atoms with van der Waals surface area (Å²) in [4.78, 5) is 31.2. The summed E-state index contributed by atoms with van der Waals surface area (Å²) in [6.45, 7) is 1.19. The predicted molar refractivity (Wildman–Crippen MR) is 115 cm³/mol. The van der Waals surface area contributed by atoms with E-state index in [-0.39, 0.29) is 18.4 Å². The molecular weight excluding hydrogens is 412 g/mol. The zero-order valence-electron chi connectivity index (χ0n) is 17.6. The van der Waals surface area contributed by atoms with Crippen molar-refractivity contribution in [1.82, 2.24) is 19.6 Å². The zero-order chi connectivity index (χ0) is 22.1. The molecule has 4 aromatic rings. The van der Waals surface area contributed by atoms with Crippen LogP contribution in [0.4, 0.5) is 0 Å². The van der Waals surface area contributed by atoms with E-state index in [4.69, 9.17) is 13.7 Å². The zero-order valence-corrected chi connectivity index (χ0v) is 17.6. The highest BCUT2D eigenvalue weighted by Crippen LogP contribution is 2.24. The lowest BCUT2D eigenvalue weighted by Crippen LogP contribution is -2.34. The molecule has 1 aliphatic heterocycles. The van der Waals surface area contributed by atoms with Gasteiger partial charge in [0.2, 0.25) is 5.91 Å². The summed E-state index contributed by atoms with van der Waals surface area (Å²) in [7, 11) is 1.62. The van der Waals surface area contributed by atoms with Crippen LogP contribution in [0.1, 0.15) is 12.2 Å². The van der Waals surface area contributed by atoms with Crippen molar-refractivity contribution in [2.45, 2.75) is 19.4 Å². The van der Waals surface area contributed by atoms with Crippen LogP contribution in [0.3, 0.4) is 0 Å². The first kappa shape index (κ1) is 20.0. The van der Waals surface area contributed by atoms with Crippen LogP contribution in [0.15, 0.2) is 62.3 Å². The first-order chi connectivity index (χ1) is 15.6. The number of carbonyl (C=O) groups excluding carboxylic acids is 1. The summed E-state index contributed by atoms with van der Waals surface area (Å²) in [5, 5.41) is 4.10.